The largest absolute Gasteiger partial charge is 0.494 e. The third-order valence-corrected chi connectivity index (χ3v) is 3.54. The molecular formula is C19H24N2O2. The zero-order valence-corrected chi connectivity index (χ0v) is 14.2. The lowest BCUT2D eigenvalue weighted by molar-refractivity contribution is -0.114. The molecule has 0 fully saturated rings. The highest BCUT2D eigenvalue weighted by Gasteiger charge is 2.08. The van der Waals surface area contributed by atoms with Crippen LogP contribution in [-0.2, 0) is 4.79 Å². The number of hydrogen-bond donors (Lipinski definition) is 2. The summed E-state index contributed by atoms with van der Waals surface area (Å²) in [6, 6.07) is 11.7. The fraction of sp³-hybridized carbons (Fsp3) is 0.316. The van der Waals surface area contributed by atoms with Crippen LogP contribution in [0.1, 0.15) is 23.6 Å². The molecule has 0 bridgehead atoms. The minimum atomic E-state index is -0.0677. The predicted molar refractivity (Wildman–Crippen MR) is 95.4 cm³/mol. The molecule has 0 aliphatic rings. The van der Waals surface area contributed by atoms with Crippen LogP contribution in [0.3, 0.4) is 0 Å². The summed E-state index contributed by atoms with van der Waals surface area (Å²) < 4.78 is 5.45. The predicted octanol–water partition coefficient (Wildman–Crippen LogP) is 4.06. The van der Waals surface area contributed by atoms with E-state index in [0.717, 1.165) is 28.3 Å². The molecule has 2 N–H and O–H groups in total. The molecule has 0 atom stereocenters. The van der Waals surface area contributed by atoms with Gasteiger partial charge in [-0.25, -0.2) is 0 Å². The first-order chi connectivity index (χ1) is 11.0. The number of carbonyl (C=O) groups is 1. The van der Waals surface area contributed by atoms with Gasteiger partial charge >= 0.3 is 0 Å². The van der Waals surface area contributed by atoms with E-state index in [2.05, 4.69) is 29.7 Å². The number of amides is 1. The second-order valence-electron chi connectivity index (χ2n) is 5.64. The van der Waals surface area contributed by atoms with E-state index in [-0.39, 0.29) is 12.5 Å². The van der Waals surface area contributed by atoms with Crippen LogP contribution in [0.5, 0.6) is 5.75 Å². The second-order valence-corrected chi connectivity index (χ2v) is 5.64. The Kier molecular flexibility index (Phi) is 5.63. The summed E-state index contributed by atoms with van der Waals surface area (Å²) in [5, 5.41) is 6.10. The lowest BCUT2D eigenvalue weighted by atomic mass is 10.1. The van der Waals surface area contributed by atoms with Gasteiger partial charge in [-0.2, -0.15) is 0 Å². The molecule has 0 aromatic heterocycles. The first kappa shape index (κ1) is 16.9. The number of anilines is 2. The number of carbonyl (C=O) groups excluding carboxylic acids is 1. The first-order valence-electron chi connectivity index (χ1n) is 7.84. The minimum Gasteiger partial charge on any atom is -0.494 e. The van der Waals surface area contributed by atoms with Gasteiger partial charge in [0.25, 0.3) is 0 Å². The van der Waals surface area contributed by atoms with Crippen LogP contribution in [0.2, 0.25) is 0 Å². The Bertz CT molecular complexity index is 673. The van der Waals surface area contributed by atoms with Crippen molar-refractivity contribution in [2.24, 2.45) is 0 Å². The van der Waals surface area contributed by atoms with E-state index in [1.807, 2.05) is 45.0 Å². The van der Waals surface area contributed by atoms with Gasteiger partial charge in [0.2, 0.25) is 5.91 Å². The molecule has 0 heterocycles. The van der Waals surface area contributed by atoms with Crippen LogP contribution in [0.15, 0.2) is 36.4 Å². The van der Waals surface area contributed by atoms with Crippen molar-refractivity contribution < 1.29 is 9.53 Å². The molecule has 122 valence electrons. The molecule has 23 heavy (non-hydrogen) atoms. The molecule has 0 saturated carbocycles. The average molecular weight is 312 g/mol. The van der Waals surface area contributed by atoms with Gasteiger partial charge in [0, 0.05) is 17.4 Å². The van der Waals surface area contributed by atoms with Crippen molar-refractivity contribution in [3.63, 3.8) is 0 Å². The summed E-state index contributed by atoms with van der Waals surface area (Å²) in [6.07, 6.45) is 0. The van der Waals surface area contributed by atoms with E-state index >= 15 is 0 Å². The van der Waals surface area contributed by atoms with Crippen LogP contribution in [0, 0.1) is 20.8 Å². The van der Waals surface area contributed by atoms with Crippen molar-refractivity contribution in [3.8, 4) is 5.75 Å². The molecule has 0 radical (unpaired) electrons. The quantitative estimate of drug-likeness (QED) is 0.845. The number of rotatable bonds is 6. The molecule has 0 unspecified atom stereocenters. The molecule has 0 saturated heterocycles. The monoisotopic (exact) mass is 312 g/mol. The molecule has 0 aliphatic heterocycles. The third kappa shape index (κ3) is 4.74. The average Bonchev–Trinajstić information content (AvgIpc) is 2.49. The van der Waals surface area contributed by atoms with E-state index in [1.54, 1.807) is 0 Å². The van der Waals surface area contributed by atoms with Crippen molar-refractivity contribution in [1.82, 2.24) is 0 Å². The molecule has 2 aromatic carbocycles. The highest BCUT2D eigenvalue weighted by Crippen LogP contribution is 2.22. The van der Waals surface area contributed by atoms with Crippen molar-refractivity contribution >= 4 is 17.3 Å². The van der Waals surface area contributed by atoms with Crippen LogP contribution >= 0.6 is 0 Å². The van der Waals surface area contributed by atoms with E-state index < -0.39 is 0 Å². The molecule has 4 heteroatoms. The van der Waals surface area contributed by atoms with Crippen molar-refractivity contribution in [3.05, 3.63) is 53.1 Å². The Morgan fingerprint density at radius 3 is 2.43 bits per heavy atom. The number of benzene rings is 2. The fourth-order valence-electron chi connectivity index (χ4n) is 2.61. The fourth-order valence-corrected chi connectivity index (χ4v) is 2.61. The number of nitrogens with one attached hydrogen (secondary N) is 2. The lowest BCUT2D eigenvalue weighted by Gasteiger charge is -2.14. The Morgan fingerprint density at radius 2 is 1.78 bits per heavy atom. The minimum absolute atomic E-state index is 0.0677. The molecule has 0 aliphatic carbocycles. The van der Waals surface area contributed by atoms with Crippen LogP contribution in [0.4, 0.5) is 11.4 Å². The van der Waals surface area contributed by atoms with Gasteiger partial charge in [0.15, 0.2) is 0 Å². The molecule has 4 nitrogen and oxygen atoms in total. The van der Waals surface area contributed by atoms with Crippen molar-refractivity contribution in [2.45, 2.75) is 27.7 Å². The van der Waals surface area contributed by atoms with Crippen LogP contribution in [-0.4, -0.2) is 19.1 Å². The van der Waals surface area contributed by atoms with E-state index in [1.165, 1.54) is 5.56 Å². The zero-order valence-electron chi connectivity index (χ0n) is 14.2. The van der Waals surface area contributed by atoms with Crippen molar-refractivity contribution in [1.29, 1.82) is 0 Å². The van der Waals surface area contributed by atoms with Gasteiger partial charge in [-0.3, -0.25) is 4.79 Å². The standard InChI is InChI=1S/C19H24N2O2/c1-5-23-17-8-6-7-16(11-17)20-12-18(22)21-19-14(3)9-13(2)10-15(19)4/h6-11,20H,5,12H2,1-4H3,(H,21,22). The normalized spacial score (nSPS) is 10.3. The lowest BCUT2D eigenvalue weighted by Crippen LogP contribution is -2.22. The summed E-state index contributed by atoms with van der Waals surface area (Å²) in [5.74, 6) is 0.727. The Hall–Kier alpha value is -2.49. The van der Waals surface area contributed by atoms with Gasteiger partial charge in [-0.15, -0.1) is 0 Å². The van der Waals surface area contributed by atoms with Crippen LogP contribution in [0.25, 0.3) is 0 Å². The first-order valence-corrected chi connectivity index (χ1v) is 7.84. The maximum Gasteiger partial charge on any atom is 0.243 e. The van der Waals surface area contributed by atoms with E-state index in [0.29, 0.717) is 6.61 Å². The number of aryl methyl sites for hydroxylation is 3. The summed E-state index contributed by atoms with van der Waals surface area (Å²) in [4.78, 5) is 12.2. The van der Waals surface area contributed by atoms with Gasteiger partial charge < -0.3 is 15.4 Å². The summed E-state index contributed by atoms with van der Waals surface area (Å²) >= 11 is 0. The summed E-state index contributed by atoms with van der Waals surface area (Å²) in [7, 11) is 0. The molecule has 0 spiro atoms. The third-order valence-electron chi connectivity index (χ3n) is 3.54. The van der Waals surface area contributed by atoms with Crippen LogP contribution < -0.4 is 15.4 Å². The summed E-state index contributed by atoms with van der Waals surface area (Å²) in [6.45, 7) is 8.85. The highest BCUT2D eigenvalue weighted by molar-refractivity contribution is 5.95. The topological polar surface area (TPSA) is 50.4 Å². The Balaban J connectivity index is 1.97. The van der Waals surface area contributed by atoms with E-state index in [4.69, 9.17) is 4.74 Å². The molecule has 2 rings (SSSR count). The Morgan fingerprint density at radius 1 is 1.09 bits per heavy atom. The number of ether oxygens (including phenoxy) is 1. The zero-order chi connectivity index (χ0) is 16.8. The van der Waals surface area contributed by atoms with E-state index in [9.17, 15) is 4.79 Å². The SMILES string of the molecule is CCOc1cccc(NCC(=O)Nc2c(C)cc(C)cc2C)c1. The second kappa shape index (κ2) is 7.68. The molecule has 2 aromatic rings. The van der Waals surface area contributed by atoms with Gasteiger partial charge in [0.1, 0.15) is 5.75 Å². The summed E-state index contributed by atoms with van der Waals surface area (Å²) in [5.41, 5.74) is 5.11. The van der Waals surface area contributed by atoms with Crippen molar-refractivity contribution in [2.75, 3.05) is 23.8 Å². The maximum atomic E-state index is 12.2. The highest BCUT2D eigenvalue weighted by atomic mass is 16.5. The van der Waals surface area contributed by atoms with Gasteiger partial charge in [0.05, 0.1) is 13.2 Å². The van der Waals surface area contributed by atoms with Gasteiger partial charge in [-0.05, 0) is 51.0 Å². The molecule has 1 amide bonds. The Labute approximate surface area is 137 Å². The maximum absolute atomic E-state index is 12.2. The smallest absolute Gasteiger partial charge is 0.243 e. The van der Waals surface area contributed by atoms with Gasteiger partial charge in [-0.1, -0.05) is 23.8 Å². The number of hydrogen-bond acceptors (Lipinski definition) is 3. The molecular weight excluding hydrogens is 288 g/mol.